The van der Waals surface area contributed by atoms with E-state index in [1.54, 1.807) is 19.9 Å². The summed E-state index contributed by atoms with van der Waals surface area (Å²) >= 11 is 0. The van der Waals surface area contributed by atoms with Gasteiger partial charge in [-0.2, -0.15) is 0 Å². The van der Waals surface area contributed by atoms with Crippen molar-refractivity contribution in [3.63, 3.8) is 0 Å². The molecule has 27 heavy (non-hydrogen) atoms. The monoisotopic (exact) mass is 381 g/mol. The molecule has 0 aliphatic heterocycles. The summed E-state index contributed by atoms with van der Waals surface area (Å²) in [6, 6.07) is 7.77. The summed E-state index contributed by atoms with van der Waals surface area (Å²) in [5.74, 6) is -0.798. The van der Waals surface area contributed by atoms with Crippen molar-refractivity contribution in [1.29, 1.82) is 0 Å². The maximum Gasteiger partial charge on any atom is 0.573 e. The first-order valence-corrected chi connectivity index (χ1v) is 7.96. The number of nitrogens with zero attached hydrogens (tertiary/aromatic N) is 1. The van der Waals surface area contributed by atoms with Gasteiger partial charge in [-0.15, -0.1) is 13.2 Å². The first-order valence-electron chi connectivity index (χ1n) is 7.96. The minimum absolute atomic E-state index is 0.258. The molecular formula is C18H18F3N3O3. The van der Waals surface area contributed by atoms with Crippen molar-refractivity contribution in [2.24, 2.45) is 0 Å². The molecular weight excluding hydrogens is 363 g/mol. The lowest BCUT2D eigenvalue weighted by atomic mass is 10.1. The van der Waals surface area contributed by atoms with Gasteiger partial charge in [0.2, 0.25) is 5.91 Å². The molecule has 1 unspecified atom stereocenters. The lowest BCUT2D eigenvalue weighted by molar-refractivity contribution is -0.274. The third-order valence-electron chi connectivity index (χ3n) is 3.48. The number of hydrogen-bond acceptors (Lipinski definition) is 4. The Bertz CT molecular complexity index is 836. The van der Waals surface area contributed by atoms with Crippen LogP contribution >= 0.6 is 0 Å². The van der Waals surface area contributed by atoms with Crippen LogP contribution in [0.1, 0.15) is 41.5 Å². The van der Waals surface area contributed by atoms with Crippen molar-refractivity contribution in [3.05, 3.63) is 53.2 Å². The molecule has 0 saturated carbocycles. The van der Waals surface area contributed by atoms with Crippen molar-refractivity contribution >= 4 is 17.6 Å². The number of hydrogen-bond donors (Lipinski definition) is 2. The fourth-order valence-corrected chi connectivity index (χ4v) is 2.37. The Morgan fingerprint density at radius 1 is 1.15 bits per heavy atom. The van der Waals surface area contributed by atoms with Gasteiger partial charge >= 0.3 is 6.36 Å². The minimum atomic E-state index is -4.76. The highest BCUT2D eigenvalue weighted by Gasteiger charge is 2.31. The molecule has 1 atom stereocenters. The number of rotatable bonds is 5. The largest absolute Gasteiger partial charge is 0.573 e. The number of alkyl halides is 3. The van der Waals surface area contributed by atoms with E-state index in [9.17, 15) is 22.8 Å². The summed E-state index contributed by atoms with van der Waals surface area (Å²) in [5, 5.41) is 5.26. The number of halogens is 3. The Balaban J connectivity index is 2.09. The van der Waals surface area contributed by atoms with Gasteiger partial charge in [-0.3, -0.25) is 9.59 Å². The Labute approximate surface area is 153 Å². The van der Waals surface area contributed by atoms with Crippen molar-refractivity contribution in [1.82, 2.24) is 10.3 Å². The fraction of sp³-hybridized carbons (Fsp3) is 0.278. The van der Waals surface area contributed by atoms with Crippen LogP contribution in [0, 0.1) is 6.92 Å². The lowest BCUT2D eigenvalue weighted by Crippen LogP contribution is -2.27. The number of anilines is 1. The van der Waals surface area contributed by atoms with Crippen LogP contribution in [0.15, 0.2) is 36.4 Å². The van der Waals surface area contributed by atoms with Crippen LogP contribution in [0.3, 0.4) is 0 Å². The first kappa shape index (κ1) is 20.2. The third kappa shape index (κ3) is 6.28. The normalized spacial score (nSPS) is 12.2. The van der Waals surface area contributed by atoms with Crippen molar-refractivity contribution in [3.8, 4) is 5.75 Å². The summed E-state index contributed by atoms with van der Waals surface area (Å²) in [6.07, 6.45) is -4.76. The fourth-order valence-electron chi connectivity index (χ4n) is 2.37. The number of carbonyl (C=O) groups is 2. The Morgan fingerprint density at radius 2 is 1.78 bits per heavy atom. The molecule has 1 aromatic carbocycles. The van der Waals surface area contributed by atoms with Gasteiger partial charge < -0.3 is 15.4 Å². The smallest absolute Gasteiger partial charge is 0.406 e. The molecule has 2 rings (SSSR count). The average molecular weight is 381 g/mol. The molecule has 0 spiro atoms. The third-order valence-corrected chi connectivity index (χ3v) is 3.48. The van der Waals surface area contributed by atoms with E-state index in [1.165, 1.54) is 37.3 Å². The van der Waals surface area contributed by atoms with Gasteiger partial charge in [0.05, 0.1) is 6.04 Å². The highest BCUT2D eigenvalue weighted by molar-refractivity contribution is 5.96. The molecule has 0 saturated heterocycles. The Morgan fingerprint density at radius 3 is 2.33 bits per heavy atom. The number of carbonyl (C=O) groups excluding carboxylic acids is 2. The summed E-state index contributed by atoms with van der Waals surface area (Å²) < 4.78 is 40.4. The zero-order chi connectivity index (χ0) is 20.2. The molecule has 0 fully saturated rings. The van der Waals surface area contributed by atoms with Crippen LogP contribution in [0.2, 0.25) is 0 Å². The van der Waals surface area contributed by atoms with Crippen LogP contribution in [-0.4, -0.2) is 23.2 Å². The van der Waals surface area contributed by atoms with E-state index in [0.717, 1.165) is 0 Å². The number of benzene rings is 1. The summed E-state index contributed by atoms with van der Waals surface area (Å²) in [6.45, 7) is 4.71. The van der Waals surface area contributed by atoms with Gasteiger partial charge in [0.15, 0.2) is 0 Å². The molecule has 6 nitrogen and oxygen atoms in total. The predicted octanol–water partition coefficient (Wildman–Crippen LogP) is 3.74. The van der Waals surface area contributed by atoms with Crippen molar-refractivity contribution in [2.75, 3.05) is 5.32 Å². The molecule has 0 bridgehead atoms. The maximum atomic E-state index is 12.4. The quantitative estimate of drug-likeness (QED) is 0.827. The topological polar surface area (TPSA) is 80.3 Å². The highest BCUT2D eigenvalue weighted by atomic mass is 19.4. The van der Waals surface area contributed by atoms with Crippen LogP contribution in [0.5, 0.6) is 5.75 Å². The number of aromatic nitrogens is 1. The van der Waals surface area contributed by atoms with E-state index in [-0.39, 0.29) is 17.5 Å². The van der Waals surface area contributed by atoms with E-state index in [0.29, 0.717) is 16.8 Å². The molecule has 2 aromatic rings. The zero-order valence-electron chi connectivity index (χ0n) is 14.8. The van der Waals surface area contributed by atoms with Crippen LogP contribution in [-0.2, 0) is 4.79 Å². The van der Waals surface area contributed by atoms with Gasteiger partial charge in [-0.1, -0.05) is 12.1 Å². The molecule has 2 amide bonds. The molecule has 9 heteroatoms. The van der Waals surface area contributed by atoms with Gasteiger partial charge in [0, 0.05) is 18.2 Å². The van der Waals surface area contributed by atoms with Crippen LogP contribution in [0.4, 0.5) is 19.0 Å². The van der Waals surface area contributed by atoms with E-state index in [1.807, 2.05) is 0 Å². The van der Waals surface area contributed by atoms with Crippen molar-refractivity contribution < 1.29 is 27.5 Å². The number of ether oxygens (including phenoxy) is 1. The van der Waals surface area contributed by atoms with E-state index < -0.39 is 18.3 Å². The molecule has 0 aliphatic carbocycles. The predicted molar refractivity (Wildman–Crippen MR) is 92.3 cm³/mol. The molecule has 144 valence electrons. The lowest BCUT2D eigenvalue weighted by Gasteiger charge is -2.16. The second-order valence-corrected chi connectivity index (χ2v) is 5.88. The number of nitrogens with one attached hydrogen (secondary N) is 2. The first-order chi connectivity index (χ1) is 12.5. The molecule has 0 radical (unpaired) electrons. The number of amides is 2. The highest BCUT2D eigenvalue weighted by Crippen LogP contribution is 2.24. The maximum absolute atomic E-state index is 12.4. The van der Waals surface area contributed by atoms with Gasteiger partial charge in [-0.05, 0) is 43.7 Å². The van der Waals surface area contributed by atoms with Crippen molar-refractivity contribution in [2.45, 2.75) is 33.2 Å². The van der Waals surface area contributed by atoms with E-state index in [4.69, 9.17) is 0 Å². The summed E-state index contributed by atoms with van der Waals surface area (Å²) in [4.78, 5) is 27.7. The van der Waals surface area contributed by atoms with E-state index >= 15 is 0 Å². The molecule has 2 N–H and O–H groups in total. The van der Waals surface area contributed by atoms with Crippen LogP contribution < -0.4 is 15.4 Å². The van der Waals surface area contributed by atoms with Gasteiger partial charge in [0.25, 0.3) is 5.91 Å². The molecule has 1 heterocycles. The molecule has 0 aliphatic rings. The average Bonchev–Trinajstić information content (AvgIpc) is 2.52. The second kappa shape index (κ2) is 8.07. The van der Waals surface area contributed by atoms with E-state index in [2.05, 4.69) is 20.4 Å². The minimum Gasteiger partial charge on any atom is -0.406 e. The van der Waals surface area contributed by atoms with Gasteiger partial charge in [-0.25, -0.2) is 4.98 Å². The molecule has 1 aromatic heterocycles. The summed E-state index contributed by atoms with van der Waals surface area (Å²) in [7, 11) is 0. The number of aryl methyl sites for hydroxylation is 1. The summed E-state index contributed by atoms with van der Waals surface area (Å²) in [5.41, 5.74) is 1.45. The zero-order valence-corrected chi connectivity index (χ0v) is 14.8. The van der Waals surface area contributed by atoms with Crippen LogP contribution in [0.25, 0.3) is 0 Å². The standard InChI is InChI=1S/C18H18F3N3O3/c1-10-8-14(9-16(22-10)24-12(3)25)17(26)23-11(2)13-4-6-15(7-5-13)27-18(19,20)21/h4-9,11H,1-3H3,(H,23,26)(H,22,24,25). The number of pyridine rings is 1. The Hall–Kier alpha value is -3.10. The SMILES string of the molecule is CC(=O)Nc1cc(C(=O)NC(C)c2ccc(OC(F)(F)F)cc2)cc(C)n1. The second-order valence-electron chi connectivity index (χ2n) is 5.88. The Kier molecular flexibility index (Phi) is 6.04. The van der Waals surface area contributed by atoms with Gasteiger partial charge in [0.1, 0.15) is 11.6 Å².